The van der Waals surface area contributed by atoms with Crippen molar-refractivity contribution >= 4 is 34.2 Å². The number of benzene rings is 1. The highest BCUT2D eigenvalue weighted by atomic mass is 32.1. The molecule has 2 rings (SSSR count). The van der Waals surface area contributed by atoms with Gasteiger partial charge in [0.25, 0.3) is 0 Å². The van der Waals surface area contributed by atoms with E-state index in [1.807, 2.05) is 0 Å². The highest BCUT2D eigenvalue weighted by Gasteiger charge is 2.19. The van der Waals surface area contributed by atoms with Gasteiger partial charge in [0.2, 0.25) is 17.7 Å². The van der Waals surface area contributed by atoms with Gasteiger partial charge in [0.1, 0.15) is 5.82 Å². The summed E-state index contributed by atoms with van der Waals surface area (Å²) in [4.78, 5) is 42.4. The van der Waals surface area contributed by atoms with Crippen LogP contribution < -0.4 is 10.6 Å². The number of rotatable bonds is 11. The van der Waals surface area contributed by atoms with Crippen molar-refractivity contribution in [1.82, 2.24) is 15.2 Å². The summed E-state index contributed by atoms with van der Waals surface area (Å²) in [5.74, 6) is -0.826. The van der Waals surface area contributed by atoms with Crippen molar-refractivity contribution in [1.29, 1.82) is 0 Å². The van der Waals surface area contributed by atoms with Crippen LogP contribution in [0.2, 0.25) is 0 Å². The van der Waals surface area contributed by atoms with Crippen LogP contribution in [0.4, 0.5) is 9.52 Å². The summed E-state index contributed by atoms with van der Waals surface area (Å²) < 4.78 is 13.2. The lowest BCUT2D eigenvalue weighted by Gasteiger charge is -2.22. The molecular weight excluding hydrogens is 407 g/mol. The number of hydrogen-bond acceptors (Lipinski definition) is 5. The van der Waals surface area contributed by atoms with E-state index >= 15 is 0 Å². The molecule has 2 N–H and O–H groups in total. The third kappa shape index (κ3) is 8.69. The number of amides is 3. The fraction of sp³-hybridized carbons (Fsp3) is 0.429. The number of hydrogen-bond donors (Lipinski definition) is 2. The van der Waals surface area contributed by atoms with Crippen molar-refractivity contribution in [3.05, 3.63) is 47.2 Å². The molecule has 1 aromatic heterocycles. The van der Waals surface area contributed by atoms with Crippen LogP contribution in [0.5, 0.6) is 0 Å². The smallest absolute Gasteiger partial charge is 0.239 e. The topological polar surface area (TPSA) is 91.4 Å². The highest BCUT2D eigenvalue weighted by Crippen LogP contribution is 2.12. The van der Waals surface area contributed by atoms with E-state index in [1.165, 1.54) is 28.4 Å². The minimum Gasteiger partial charge on any atom is -0.355 e. The van der Waals surface area contributed by atoms with Crippen molar-refractivity contribution in [3.8, 4) is 0 Å². The lowest BCUT2D eigenvalue weighted by atomic mass is 10.1. The summed E-state index contributed by atoms with van der Waals surface area (Å²) in [5, 5.41) is 7.65. The van der Waals surface area contributed by atoms with Gasteiger partial charge in [0.05, 0.1) is 6.54 Å². The van der Waals surface area contributed by atoms with Crippen LogP contribution in [-0.2, 0) is 20.9 Å². The Morgan fingerprint density at radius 3 is 2.50 bits per heavy atom. The SMILES string of the molecule is CC(C)CCNC(=O)CN(Cc1ccc(F)cc1)C(=O)CCC(=O)Nc1nccs1. The minimum atomic E-state index is -0.373. The third-order valence-electron chi connectivity index (χ3n) is 4.26. The third-order valence-corrected chi connectivity index (χ3v) is 4.95. The normalized spacial score (nSPS) is 10.7. The fourth-order valence-electron chi connectivity index (χ4n) is 2.62. The molecule has 0 fully saturated rings. The largest absolute Gasteiger partial charge is 0.355 e. The van der Waals surface area contributed by atoms with Gasteiger partial charge in [0.15, 0.2) is 5.13 Å². The monoisotopic (exact) mass is 434 g/mol. The Balaban J connectivity index is 1.94. The number of anilines is 1. The van der Waals surface area contributed by atoms with E-state index in [4.69, 9.17) is 0 Å². The molecule has 0 spiro atoms. The van der Waals surface area contributed by atoms with Gasteiger partial charge in [-0.25, -0.2) is 9.37 Å². The summed E-state index contributed by atoms with van der Waals surface area (Å²) in [6, 6.07) is 5.76. The quantitative estimate of drug-likeness (QED) is 0.568. The van der Waals surface area contributed by atoms with Crippen LogP contribution in [0.3, 0.4) is 0 Å². The molecule has 0 radical (unpaired) electrons. The molecule has 1 heterocycles. The molecule has 0 aliphatic carbocycles. The lowest BCUT2D eigenvalue weighted by Crippen LogP contribution is -2.41. The zero-order chi connectivity index (χ0) is 21.9. The minimum absolute atomic E-state index is 0.0205. The van der Waals surface area contributed by atoms with Gasteiger partial charge in [-0.15, -0.1) is 11.3 Å². The molecule has 162 valence electrons. The number of nitrogens with one attached hydrogen (secondary N) is 2. The lowest BCUT2D eigenvalue weighted by molar-refractivity contribution is -0.137. The maximum atomic E-state index is 13.2. The van der Waals surface area contributed by atoms with E-state index in [1.54, 1.807) is 23.7 Å². The first-order valence-electron chi connectivity index (χ1n) is 9.81. The van der Waals surface area contributed by atoms with E-state index in [0.717, 1.165) is 6.42 Å². The van der Waals surface area contributed by atoms with E-state index in [9.17, 15) is 18.8 Å². The Morgan fingerprint density at radius 2 is 1.87 bits per heavy atom. The zero-order valence-corrected chi connectivity index (χ0v) is 18.0. The molecule has 7 nitrogen and oxygen atoms in total. The summed E-state index contributed by atoms with van der Waals surface area (Å²) >= 11 is 1.29. The molecule has 0 saturated carbocycles. The summed E-state index contributed by atoms with van der Waals surface area (Å²) in [5.41, 5.74) is 0.701. The molecule has 1 aromatic carbocycles. The fourth-order valence-corrected chi connectivity index (χ4v) is 3.16. The second-order valence-corrected chi connectivity index (χ2v) is 8.19. The Hall–Kier alpha value is -2.81. The van der Waals surface area contributed by atoms with Gasteiger partial charge < -0.3 is 15.5 Å². The summed E-state index contributed by atoms with van der Waals surface area (Å²) in [7, 11) is 0. The van der Waals surface area contributed by atoms with E-state index in [-0.39, 0.29) is 49.5 Å². The van der Waals surface area contributed by atoms with E-state index < -0.39 is 0 Å². The molecule has 0 aliphatic rings. The number of carbonyl (C=O) groups excluding carboxylic acids is 3. The van der Waals surface area contributed by atoms with Gasteiger partial charge in [0, 0.05) is 37.5 Å². The molecule has 0 saturated heterocycles. The number of thiazole rings is 1. The number of aromatic nitrogens is 1. The Morgan fingerprint density at radius 1 is 1.13 bits per heavy atom. The van der Waals surface area contributed by atoms with Crippen molar-refractivity contribution in [3.63, 3.8) is 0 Å². The van der Waals surface area contributed by atoms with Crippen LogP contribution in [0.1, 0.15) is 38.7 Å². The zero-order valence-electron chi connectivity index (χ0n) is 17.2. The maximum absolute atomic E-state index is 13.2. The molecular formula is C21H27FN4O3S. The Labute approximate surface area is 179 Å². The number of nitrogens with zero attached hydrogens (tertiary/aromatic N) is 2. The highest BCUT2D eigenvalue weighted by molar-refractivity contribution is 7.13. The van der Waals surface area contributed by atoms with Gasteiger partial charge >= 0.3 is 0 Å². The molecule has 0 bridgehead atoms. The van der Waals surface area contributed by atoms with E-state index in [2.05, 4.69) is 29.5 Å². The van der Waals surface area contributed by atoms with Crippen LogP contribution in [0.25, 0.3) is 0 Å². The molecule has 2 aromatic rings. The van der Waals surface area contributed by atoms with Crippen LogP contribution in [0, 0.1) is 11.7 Å². The first kappa shape index (κ1) is 23.5. The maximum Gasteiger partial charge on any atom is 0.239 e. The van der Waals surface area contributed by atoms with Crippen LogP contribution in [-0.4, -0.2) is 40.7 Å². The first-order valence-corrected chi connectivity index (χ1v) is 10.7. The molecule has 9 heteroatoms. The van der Waals surface area contributed by atoms with E-state index in [0.29, 0.717) is 23.2 Å². The molecule has 0 aliphatic heterocycles. The summed E-state index contributed by atoms with van der Waals surface area (Å²) in [6.07, 6.45) is 2.35. The predicted octanol–water partition coefficient (Wildman–Crippen LogP) is 3.19. The predicted molar refractivity (Wildman–Crippen MR) is 114 cm³/mol. The average molecular weight is 435 g/mol. The van der Waals surface area contributed by atoms with Gasteiger partial charge in [-0.3, -0.25) is 14.4 Å². The number of carbonyl (C=O) groups is 3. The molecule has 0 unspecified atom stereocenters. The van der Waals surface area contributed by atoms with Crippen molar-refractivity contribution in [2.75, 3.05) is 18.4 Å². The average Bonchev–Trinajstić information content (AvgIpc) is 3.20. The van der Waals surface area contributed by atoms with Gasteiger partial charge in [-0.05, 0) is 30.0 Å². The van der Waals surface area contributed by atoms with Crippen molar-refractivity contribution in [2.24, 2.45) is 5.92 Å². The standard InChI is InChI=1S/C21H27FN4O3S/c1-15(2)9-10-23-19(28)14-26(13-16-3-5-17(22)6-4-16)20(29)8-7-18(27)25-21-24-11-12-30-21/h3-6,11-12,15H,7-10,13-14H2,1-2H3,(H,23,28)(H,24,25,27). The van der Waals surface area contributed by atoms with Gasteiger partial charge in [-0.2, -0.15) is 0 Å². The van der Waals surface area contributed by atoms with Crippen LogP contribution >= 0.6 is 11.3 Å². The Bertz CT molecular complexity index is 825. The van der Waals surface area contributed by atoms with Crippen molar-refractivity contribution < 1.29 is 18.8 Å². The second kappa shape index (κ2) is 12.0. The van der Waals surface area contributed by atoms with Gasteiger partial charge in [-0.1, -0.05) is 26.0 Å². The number of halogens is 1. The Kier molecular flexibility index (Phi) is 9.40. The molecule has 30 heavy (non-hydrogen) atoms. The second-order valence-electron chi connectivity index (χ2n) is 7.29. The van der Waals surface area contributed by atoms with Crippen LogP contribution in [0.15, 0.2) is 35.8 Å². The van der Waals surface area contributed by atoms with Crippen molar-refractivity contribution in [2.45, 2.75) is 39.7 Å². The molecule has 0 atom stereocenters. The first-order chi connectivity index (χ1) is 14.3. The molecule has 3 amide bonds. The summed E-state index contributed by atoms with van der Waals surface area (Å²) in [6.45, 7) is 4.69.